The molecule has 0 aliphatic rings. The quantitative estimate of drug-likeness (QED) is 0.0709. The number of fused-ring (bicyclic) bond motifs is 9. The van der Waals surface area contributed by atoms with E-state index >= 15 is 0 Å². The van der Waals surface area contributed by atoms with Crippen molar-refractivity contribution in [2.45, 2.75) is 104 Å². The summed E-state index contributed by atoms with van der Waals surface area (Å²) in [6.07, 6.45) is 23.0. The number of nitrogens with zero attached hydrogens (tertiary/aromatic N) is 2. The molecule has 2 aromatic heterocycles. The van der Waals surface area contributed by atoms with E-state index in [1.807, 2.05) is 0 Å². The van der Waals surface area contributed by atoms with Crippen molar-refractivity contribution in [3.05, 3.63) is 133 Å². The summed E-state index contributed by atoms with van der Waals surface area (Å²) in [5.41, 5.74) is 7.87. The summed E-state index contributed by atoms with van der Waals surface area (Å²) in [5.74, 6) is 0. The molecule has 8 rings (SSSR count). The molecular formula is C50H54N2. The summed E-state index contributed by atoms with van der Waals surface area (Å²) in [4.78, 5) is 0. The summed E-state index contributed by atoms with van der Waals surface area (Å²) < 4.78 is 4.69. The topological polar surface area (TPSA) is 9.86 Å². The number of aryl methyl sites for hydroxylation is 2. The molecule has 0 spiro atoms. The lowest BCUT2D eigenvalue weighted by atomic mass is 9.94. The van der Waals surface area contributed by atoms with E-state index in [9.17, 15) is 0 Å². The predicted octanol–water partition coefficient (Wildman–Crippen LogP) is 14.8. The lowest BCUT2D eigenvalue weighted by molar-refractivity contribution is 0.607. The van der Waals surface area contributed by atoms with Gasteiger partial charge >= 0.3 is 0 Å². The van der Waals surface area contributed by atoms with Gasteiger partial charge < -0.3 is 9.13 Å². The van der Waals surface area contributed by atoms with Gasteiger partial charge in [-0.15, -0.1) is 0 Å². The van der Waals surface area contributed by atoms with Gasteiger partial charge in [0.1, 0.15) is 0 Å². The minimum atomic E-state index is 1.18. The van der Waals surface area contributed by atoms with Crippen LogP contribution in [0.5, 0.6) is 0 Å². The zero-order valence-corrected chi connectivity index (χ0v) is 31.3. The molecule has 0 atom stereocenters. The molecule has 0 aliphatic carbocycles. The van der Waals surface area contributed by atoms with Crippen molar-refractivity contribution in [3.8, 4) is 11.4 Å². The SMILES string of the molecule is CCCCCCCCc1ccc(-n2ccc3c4ccc5c(ccc6c5ccc5c6ccn5-c5ccc(CCCCCCCC)cc5)c4ccc32)cc1. The maximum Gasteiger partial charge on any atom is 0.0534 e. The second-order valence-electron chi connectivity index (χ2n) is 15.2. The van der Waals surface area contributed by atoms with E-state index in [1.54, 1.807) is 0 Å². The highest BCUT2D eigenvalue weighted by molar-refractivity contribution is 6.24. The molecule has 0 fully saturated rings. The van der Waals surface area contributed by atoms with Crippen LogP contribution in [0.1, 0.15) is 102 Å². The molecule has 2 nitrogen and oxygen atoms in total. The molecule has 0 saturated carbocycles. The Morgan fingerprint density at radius 3 is 1.02 bits per heavy atom. The van der Waals surface area contributed by atoms with Crippen molar-refractivity contribution in [1.29, 1.82) is 0 Å². The average molecular weight is 683 g/mol. The van der Waals surface area contributed by atoms with Gasteiger partial charge in [0.15, 0.2) is 0 Å². The molecule has 2 heteroatoms. The van der Waals surface area contributed by atoms with Gasteiger partial charge in [-0.3, -0.25) is 0 Å². The highest BCUT2D eigenvalue weighted by Crippen LogP contribution is 2.38. The van der Waals surface area contributed by atoms with Gasteiger partial charge in [0.2, 0.25) is 0 Å². The first kappa shape index (κ1) is 34.3. The molecular weight excluding hydrogens is 629 g/mol. The van der Waals surface area contributed by atoms with E-state index in [0.29, 0.717) is 0 Å². The largest absolute Gasteiger partial charge is 0.317 e. The molecule has 6 aromatic carbocycles. The highest BCUT2D eigenvalue weighted by Gasteiger charge is 2.13. The molecule has 0 unspecified atom stereocenters. The Morgan fingerprint density at radius 2 is 0.635 bits per heavy atom. The van der Waals surface area contributed by atoms with Crippen LogP contribution in [0.15, 0.2) is 122 Å². The Kier molecular flexibility index (Phi) is 10.4. The predicted molar refractivity (Wildman–Crippen MR) is 227 cm³/mol. The van der Waals surface area contributed by atoms with Crippen LogP contribution in [0.4, 0.5) is 0 Å². The second-order valence-corrected chi connectivity index (χ2v) is 15.2. The van der Waals surface area contributed by atoms with E-state index < -0.39 is 0 Å². The monoisotopic (exact) mass is 682 g/mol. The fraction of sp³-hybridized carbons (Fsp3) is 0.320. The van der Waals surface area contributed by atoms with Crippen molar-refractivity contribution >= 4 is 54.1 Å². The van der Waals surface area contributed by atoms with Crippen LogP contribution in [-0.4, -0.2) is 9.13 Å². The van der Waals surface area contributed by atoms with Crippen LogP contribution in [-0.2, 0) is 12.8 Å². The fourth-order valence-electron chi connectivity index (χ4n) is 8.61. The molecule has 2 heterocycles. The van der Waals surface area contributed by atoms with Crippen LogP contribution in [0.2, 0.25) is 0 Å². The molecule has 0 radical (unpaired) electrons. The molecule has 264 valence electrons. The van der Waals surface area contributed by atoms with Crippen LogP contribution in [0.25, 0.3) is 65.5 Å². The Bertz CT molecular complexity index is 2250. The third-order valence-corrected chi connectivity index (χ3v) is 11.6. The molecule has 0 N–H and O–H groups in total. The molecule has 0 aliphatic heterocycles. The Labute approximate surface area is 310 Å². The Hall–Kier alpha value is -4.82. The van der Waals surface area contributed by atoms with Crippen LogP contribution in [0, 0.1) is 0 Å². The summed E-state index contributed by atoms with van der Waals surface area (Å²) in [5, 5.41) is 10.5. The second kappa shape index (κ2) is 15.8. The van der Waals surface area contributed by atoms with Gasteiger partial charge in [-0.2, -0.15) is 0 Å². The Balaban J connectivity index is 1.03. The first-order valence-electron chi connectivity index (χ1n) is 20.3. The standard InChI is InChI=1S/C50H54N2/c1-3-5-7-9-11-13-15-37-17-21-39(22-18-37)51-35-33-47-45-27-25-42-41(43(45)29-31-49(47)51)26-28-46-44(42)30-32-50-48(46)34-36-52(50)40-23-19-38(20-24-40)16-14-12-10-8-6-4-2/h17-36H,3-16H2,1-2H3. The molecule has 0 bridgehead atoms. The maximum atomic E-state index is 2.35. The van der Waals surface area contributed by atoms with E-state index in [1.165, 1.54) is 167 Å². The third-order valence-electron chi connectivity index (χ3n) is 11.6. The highest BCUT2D eigenvalue weighted by atomic mass is 15.0. The van der Waals surface area contributed by atoms with Gasteiger partial charge in [-0.1, -0.05) is 139 Å². The summed E-state index contributed by atoms with van der Waals surface area (Å²) >= 11 is 0. The minimum Gasteiger partial charge on any atom is -0.317 e. The van der Waals surface area contributed by atoms with Crippen molar-refractivity contribution in [2.75, 3.05) is 0 Å². The molecule has 0 saturated heterocycles. The smallest absolute Gasteiger partial charge is 0.0534 e. The first-order valence-corrected chi connectivity index (χ1v) is 20.3. The third kappa shape index (κ3) is 6.88. The van der Waals surface area contributed by atoms with Crippen molar-refractivity contribution < 1.29 is 0 Å². The summed E-state index contributed by atoms with van der Waals surface area (Å²) in [6, 6.07) is 41.7. The van der Waals surface area contributed by atoms with Gasteiger partial charge in [-0.05, 0) is 118 Å². The number of aromatic nitrogens is 2. The molecule has 8 aromatic rings. The summed E-state index contributed by atoms with van der Waals surface area (Å²) in [6.45, 7) is 4.57. The van der Waals surface area contributed by atoms with Crippen molar-refractivity contribution in [1.82, 2.24) is 9.13 Å². The van der Waals surface area contributed by atoms with E-state index in [-0.39, 0.29) is 0 Å². The summed E-state index contributed by atoms with van der Waals surface area (Å²) in [7, 11) is 0. The van der Waals surface area contributed by atoms with Gasteiger partial charge in [0, 0.05) is 34.5 Å². The lowest BCUT2D eigenvalue weighted by Gasteiger charge is -2.12. The number of hydrogen-bond donors (Lipinski definition) is 0. The first-order chi connectivity index (χ1) is 25.7. The van der Waals surface area contributed by atoms with Crippen molar-refractivity contribution in [2.24, 2.45) is 0 Å². The van der Waals surface area contributed by atoms with Gasteiger partial charge in [0.05, 0.1) is 11.0 Å². The van der Waals surface area contributed by atoms with Crippen LogP contribution >= 0.6 is 0 Å². The van der Waals surface area contributed by atoms with E-state index in [2.05, 4.69) is 145 Å². The lowest BCUT2D eigenvalue weighted by Crippen LogP contribution is -1.93. The average Bonchev–Trinajstić information content (AvgIpc) is 3.83. The van der Waals surface area contributed by atoms with Crippen LogP contribution in [0.3, 0.4) is 0 Å². The van der Waals surface area contributed by atoms with Crippen LogP contribution < -0.4 is 0 Å². The van der Waals surface area contributed by atoms with Crippen molar-refractivity contribution in [3.63, 3.8) is 0 Å². The van der Waals surface area contributed by atoms with E-state index in [4.69, 9.17) is 0 Å². The number of hydrogen-bond acceptors (Lipinski definition) is 0. The van der Waals surface area contributed by atoms with Gasteiger partial charge in [0.25, 0.3) is 0 Å². The molecule has 52 heavy (non-hydrogen) atoms. The zero-order chi connectivity index (χ0) is 35.3. The number of benzene rings is 6. The zero-order valence-electron chi connectivity index (χ0n) is 31.3. The number of rotatable bonds is 16. The maximum absolute atomic E-state index is 2.35. The number of unbranched alkanes of at least 4 members (excludes halogenated alkanes) is 10. The fourth-order valence-corrected chi connectivity index (χ4v) is 8.61. The van der Waals surface area contributed by atoms with Gasteiger partial charge in [-0.25, -0.2) is 0 Å². The normalized spacial score (nSPS) is 12.0. The Morgan fingerprint density at radius 1 is 0.308 bits per heavy atom. The molecule has 0 amide bonds. The minimum absolute atomic E-state index is 1.18. The van der Waals surface area contributed by atoms with E-state index in [0.717, 1.165) is 0 Å².